The molecular formula is C27H29F3N2OS. The van der Waals surface area contributed by atoms with Crippen molar-refractivity contribution < 1.29 is 17.4 Å². The molecule has 0 fully saturated rings. The number of nitrogens with zero attached hydrogens (tertiary/aromatic N) is 1. The standard InChI is InChI=1S/C27H29F3N2OS/c1-19-15-17-22(18-16-19)24(25(27(28,29)30)32-34(33)26(2,3)4)31-23(20-11-7-5-8-12-20)21-13-9-6-10-14-21/h5-18,24-25,32H,1-4H3/t24-,25+,34?/m1/s1. The van der Waals surface area contributed by atoms with Crippen LogP contribution in [0.15, 0.2) is 89.9 Å². The Balaban J connectivity index is 2.23. The maximum absolute atomic E-state index is 14.5. The van der Waals surface area contributed by atoms with E-state index >= 15 is 0 Å². The van der Waals surface area contributed by atoms with Crippen LogP contribution in [0.1, 0.15) is 49.1 Å². The molecule has 1 unspecified atom stereocenters. The summed E-state index contributed by atoms with van der Waals surface area (Å²) in [5.41, 5.74) is 3.14. The van der Waals surface area contributed by atoms with Crippen molar-refractivity contribution in [3.63, 3.8) is 0 Å². The fourth-order valence-electron chi connectivity index (χ4n) is 3.35. The molecule has 0 aliphatic rings. The lowest BCUT2D eigenvalue weighted by Gasteiger charge is -2.31. The first-order valence-electron chi connectivity index (χ1n) is 11.0. The Hall–Kier alpha value is -2.77. The van der Waals surface area contributed by atoms with Crippen LogP contribution in [0, 0.1) is 6.92 Å². The van der Waals surface area contributed by atoms with E-state index in [2.05, 4.69) is 4.72 Å². The minimum atomic E-state index is -4.70. The van der Waals surface area contributed by atoms with Gasteiger partial charge in [0.25, 0.3) is 0 Å². The monoisotopic (exact) mass is 486 g/mol. The third-order valence-electron chi connectivity index (χ3n) is 5.24. The molecule has 0 amide bonds. The van der Waals surface area contributed by atoms with Crippen LogP contribution in [0.2, 0.25) is 0 Å². The lowest BCUT2D eigenvalue weighted by molar-refractivity contribution is -0.155. The zero-order valence-electron chi connectivity index (χ0n) is 19.6. The Morgan fingerprint density at radius 3 is 1.71 bits per heavy atom. The first-order valence-corrected chi connectivity index (χ1v) is 12.1. The van der Waals surface area contributed by atoms with E-state index in [1.54, 1.807) is 45.0 Å². The van der Waals surface area contributed by atoms with Crippen molar-refractivity contribution in [3.05, 3.63) is 107 Å². The van der Waals surface area contributed by atoms with Gasteiger partial charge in [0.05, 0.1) is 21.4 Å². The molecule has 0 saturated carbocycles. The predicted molar refractivity (Wildman–Crippen MR) is 133 cm³/mol. The Kier molecular flexibility index (Phi) is 8.10. The van der Waals surface area contributed by atoms with E-state index < -0.39 is 34.0 Å². The maximum Gasteiger partial charge on any atom is 0.407 e. The van der Waals surface area contributed by atoms with Crippen LogP contribution >= 0.6 is 0 Å². The van der Waals surface area contributed by atoms with Crippen LogP contribution in [0.5, 0.6) is 0 Å². The summed E-state index contributed by atoms with van der Waals surface area (Å²) in [6, 6.07) is 21.6. The highest BCUT2D eigenvalue weighted by Crippen LogP contribution is 2.35. The van der Waals surface area contributed by atoms with Gasteiger partial charge in [-0.15, -0.1) is 0 Å². The first kappa shape index (κ1) is 25.8. The molecule has 3 atom stereocenters. The lowest BCUT2D eigenvalue weighted by Crippen LogP contribution is -2.50. The molecule has 34 heavy (non-hydrogen) atoms. The van der Waals surface area contributed by atoms with Gasteiger partial charge >= 0.3 is 6.18 Å². The molecule has 0 saturated heterocycles. The highest BCUT2D eigenvalue weighted by atomic mass is 32.2. The van der Waals surface area contributed by atoms with E-state index in [0.29, 0.717) is 22.4 Å². The van der Waals surface area contributed by atoms with E-state index in [4.69, 9.17) is 4.99 Å². The van der Waals surface area contributed by atoms with Gasteiger partial charge in [-0.05, 0) is 33.3 Å². The Bertz CT molecular complexity index is 1080. The molecule has 0 bridgehead atoms. The molecule has 0 heterocycles. The Morgan fingerprint density at radius 1 is 0.824 bits per heavy atom. The van der Waals surface area contributed by atoms with Gasteiger partial charge in [-0.3, -0.25) is 4.99 Å². The topological polar surface area (TPSA) is 41.5 Å². The van der Waals surface area contributed by atoms with Crippen LogP contribution in [-0.4, -0.2) is 26.9 Å². The lowest BCUT2D eigenvalue weighted by atomic mass is 9.96. The largest absolute Gasteiger partial charge is 0.407 e. The average molecular weight is 487 g/mol. The van der Waals surface area contributed by atoms with Crippen LogP contribution in [0.4, 0.5) is 13.2 Å². The van der Waals surface area contributed by atoms with Crippen LogP contribution < -0.4 is 4.72 Å². The van der Waals surface area contributed by atoms with Gasteiger partial charge in [-0.2, -0.15) is 13.2 Å². The van der Waals surface area contributed by atoms with Crippen molar-refractivity contribution in [1.82, 2.24) is 4.72 Å². The SMILES string of the molecule is Cc1ccc([C@@H](N=C(c2ccccc2)c2ccccc2)[C@H](NS(=O)C(C)(C)C)C(F)(F)F)cc1. The van der Waals surface area contributed by atoms with E-state index in [9.17, 15) is 17.4 Å². The summed E-state index contributed by atoms with van der Waals surface area (Å²) < 4.78 is 57.7. The number of rotatable bonds is 7. The third kappa shape index (κ3) is 6.64. The summed E-state index contributed by atoms with van der Waals surface area (Å²) in [4.78, 5) is 4.72. The van der Waals surface area contributed by atoms with Gasteiger partial charge in [-0.1, -0.05) is 90.5 Å². The van der Waals surface area contributed by atoms with E-state index in [1.165, 1.54) is 0 Å². The summed E-state index contributed by atoms with van der Waals surface area (Å²) in [5, 5.41) is 0. The molecule has 3 rings (SSSR count). The number of halogens is 3. The summed E-state index contributed by atoms with van der Waals surface area (Å²) >= 11 is 0. The molecular weight excluding hydrogens is 457 g/mol. The molecule has 3 nitrogen and oxygen atoms in total. The fourth-order valence-corrected chi connectivity index (χ4v) is 4.20. The average Bonchev–Trinajstić information content (AvgIpc) is 2.79. The predicted octanol–water partition coefficient (Wildman–Crippen LogP) is 6.56. The molecule has 0 aliphatic heterocycles. The van der Waals surface area contributed by atoms with Crippen LogP contribution in [0.3, 0.4) is 0 Å². The van der Waals surface area contributed by atoms with Crippen molar-refractivity contribution in [2.45, 2.75) is 50.7 Å². The second kappa shape index (κ2) is 10.7. The molecule has 1 N–H and O–H groups in total. The van der Waals surface area contributed by atoms with Gasteiger partial charge in [0.15, 0.2) is 0 Å². The molecule has 7 heteroatoms. The van der Waals surface area contributed by atoms with Gasteiger partial charge in [0.1, 0.15) is 12.1 Å². The van der Waals surface area contributed by atoms with Crippen molar-refractivity contribution in [2.24, 2.45) is 4.99 Å². The molecule has 0 aliphatic carbocycles. The molecule has 0 radical (unpaired) electrons. The maximum atomic E-state index is 14.5. The normalized spacial score (nSPS) is 14.8. The molecule has 3 aromatic rings. The smallest absolute Gasteiger partial charge is 0.274 e. The molecule has 0 aromatic heterocycles. The van der Waals surface area contributed by atoms with Crippen LogP contribution in [0.25, 0.3) is 0 Å². The minimum Gasteiger partial charge on any atom is -0.274 e. The Morgan fingerprint density at radius 2 is 1.29 bits per heavy atom. The van der Waals surface area contributed by atoms with Gasteiger partial charge in [0.2, 0.25) is 0 Å². The number of benzene rings is 3. The van der Waals surface area contributed by atoms with Gasteiger partial charge in [0, 0.05) is 11.1 Å². The van der Waals surface area contributed by atoms with Crippen LogP contribution in [-0.2, 0) is 11.0 Å². The zero-order valence-corrected chi connectivity index (χ0v) is 20.5. The molecule has 3 aromatic carbocycles. The Labute approximate surface area is 201 Å². The molecule has 180 valence electrons. The fraction of sp³-hybridized carbons (Fsp3) is 0.296. The van der Waals surface area contributed by atoms with Gasteiger partial charge in [-0.25, -0.2) is 8.93 Å². The second-order valence-corrected chi connectivity index (χ2v) is 11.1. The number of hydrogen-bond donors (Lipinski definition) is 1. The van der Waals surface area contributed by atoms with E-state index in [-0.39, 0.29) is 0 Å². The summed E-state index contributed by atoms with van der Waals surface area (Å²) in [6.45, 7) is 6.77. The summed E-state index contributed by atoms with van der Waals surface area (Å²) in [7, 11) is -1.96. The second-order valence-electron chi connectivity index (χ2n) is 9.08. The highest BCUT2D eigenvalue weighted by molar-refractivity contribution is 7.84. The third-order valence-corrected chi connectivity index (χ3v) is 6.82. The highest BCUT2D eigenvalue weighted by Gasteiger charge is 2.47. The van der Waals surface area contributed by atoms with Crippen molar-refractivity contribution in [2.75, 3.05) is 0 Å². The van der Waals surface area contributed by atoms with Crippen molar-refractivity contribution in [3.8, 4) is 0 Å². The molecule has 0 spiro atoms. The number of nitrogens with one attached hydrogen (secondary N) is 1. The summed E-state index contributed by atoms with van der Waals surface area (Å²) in [6.07, 6.45) is -4.70. The minimum absolute atomic E-state index is 0.385. The first-order chi connectivity index (χ1) is 16.0. The number of aliphatic imine (C=N–C) groups is 1. The number of aryl methyl sites for hydroxylation is 1. The van der Waals surface area contributed by atoms with E-state index in [1.807, 2.05) is 67.6 Å². The number of alkyl halides is 3. The summed E-state index contributed by atoms with van der Waals surface area (Å²) in [5.74, 6) is 0. The quantitative estimate of drug-likeness (QED) is 0.378. The van der Waals surface area contributed by atoms with E-state index in [0.717, 1.165) is 5.56 Å². The van der Waals surface area contributed by atoms with Crippen molar-refractivity contribution in [1.29, 1.82) is 0 Å². The van der Waals surface area contributed by atoms with Gasteiger partial charge < -0.3 is 0 Å². The number of hydrogen-bond acceptors (Lipinski definition) is 2. The zero-order chi connectivity index (χ0) is 24.9. The van der Waals surface area contributed by atoms with Crippen molar-refractivity contribution >= 4 is 16.7 Å².